The molecule has 2 heteroatoms. The van der Waals surface area contributed by atoms with Gasteiger partial charge < -0.3 is 5.11 Å². The standard InChI is InChI=1S/C18H27NO/c1-13-3-4-14(2)17(9-13)18(20)12-19(10-15-5-6-15)11-16-7-8-16/h3-4,9,15-16,18,20H,5-8,10-12H2,1-2H3. The number of aliphatic hydroxyl groups is 1. The first kappa shape index (κ1) is 14.1. The molecule has 0 aromatic heterocycles. The van der Waals surface area contributed by atoms with E-state index in [4.69, 9.17) is 0 Å². The molecule has 1 N–H and O–H groups in total. The molecule has 2 aliphatic carbocycles. The molecule has 2 aliphatic rings. The third kappa shape index (κ3) is 3.83. The zero-order valence-electron chi connectivity index (χ0n) is 12.8. The monoisotopic (exact) mass is 273 g/mol. The van der Waals surface area contributed by atoms with E-state index in [1.54, 1.807) is 0 Å². The van der Waals surface area contributed by atoms with Crippen LogP contribution in [0.5, 0.6) is 0 Å². The minimum absolute atomic E-state index is 0.340. The summed E-state index contributed by atoms with van der Waals surface area (Å²) >= 11 is 0. The summed E-state index contributed by atoms with van der Waals surface area (Å²) in [4.78, 5) is 2.52. The van der Waals surface area contributed by atoms with Crippen molar-refractivity contribution in [2.45, 2.75) is 45.6 Å². The largest absolute Gasteiger partial charge is 0.387 e. The van der Waals surface area contributed by atoms with Gasteiger partial charge in [0.15, 0.2) is 0 Å². The van der Waals surface area contributed by atoms with Crippen LogP contribution in [-0.4, -0.2) is 29.6 Å². The Morgan fingerprint density at radius 1 is 1.10 bits per heavy atom. The Labute approximate surface area is 122 Å². The van der Waals surface area contributed by atoms with Crippen molar-refractivity contribution in [3.63, 3.8) is 0 Å². The van der Waals surface area contributed by atoms with E-state index in [2.05, 4.69) is 36.9 Å². The zero-order chi connectivity index (χ0) is 14.1. The summed E-state index contributed by atoms with van der Waals surface area (Å²) in [5, 5.41) is 10.6. The maximum Gasteiger partial charge on any atom is 0.0919 e. The highest BCUT2D eigenvalue weighted by Crippen LogP contribution is 2.34. The van der Waals surface area contributed by atoms with Crippen molar-refractivity contribution < 1.29 is 5.11 Å². The second-order valence-corrected chi connectivity index (χ2v) is 6.98. The number of hydrogen-bond acceptors (Lipinski definition) is 2. The van der Waals surface area contributed by atoms with Crippen LogP contribution < -0.4 is 0 Å². The molecule has 1 aromatic carbocycles. The van der Waals surface area contributed by atoms with E-state index in [0.29, 0.717) is 0 Å². The van der Waals surface area contributed by atoms with E-state index >= 15 is 0 Å². The predicted molar refractivity (Wildman–Crippen MR) is 82.8 cm³/mol. The normalized spacial score (nSPS) is 20.4. The van der Waals surface area contributed by atoms with Gasteiger partial charge in [0.2, 0.25) is 0 Å². The van der Waals surface area contributed by atoms with Gasteiger partial charge in [-0.25, -0.2) is 0 Å². The SMILES string of the molecule is Cc1ccc(C)c(C(O)CN(CC2CC2)CC2CC2)c1. The van der Waals surface area contributed by atoms with Crippen molar-refractivity contribution in [3.8, 4) is 0 Å². The smallest absolute Gasteiger partial charge is 0.0919 e. The van der Waals surface area contributed by atoms with Gasteiger partial charge in [-0.1, -0.05) is 23.8 Å². The van der Waals surface area contributed by atoms with Gasteiger partial charge in [-0.2, -0.15) is 0 Å². The number of rotatable bonds is 7. The van der Waals surface area contributed by atoms with Crippen LogP contribution in [0.3, 0.4) is 0 Å². The van der Waals surface area contributed by atoms with Crippen LogP contribution in [0.1, 0.15) is 48.5 Å². The fourth-order valence-electron chi connectivity index (χ4n) is 3.02. The van der Waals surface area contributed by atoms with E-state index in [-0.39, 0.29) is 6.10 Å². The van der Waals surface area contributed by atoms with E-state index < -0.39 is 0 Å². The van der Waals surface area contributed by atoms with Crippen molar-refractivity contribution in [1.29, 1.82) is 0 Å². The molecule has 3 rings (SSSR count). The quantitative estimate of drug-likeness (QED) is 0.822. The first-order chi connectivity index (χ1) is 9.61. The highest BCUT2D eigenvalue weighted by Gasteiger charge is 2.30. The lowest BCUT2D eigenvalue weighted by atomic mass is 10.0. The van der Waals surface area contributed by atoms with Gasteiger partial charge in [0.1, 0.15) is 0 Å². The maximum atomic E-state index is 10.6. The van der Waals surface area contributed by atoms with Gasteiger partial charge in [-0.15, -0.1) is 0 Å². The van der Waals surface area contributed by atoms with Gasteiger partial charge in [-0.3, -0.25) is 4.90 Å². The minimum atomic E-state index is -0.340. The lowest BCUT2D eigenvalue weighted by Crippen LogP contribution is -2.32. The second-order valence-electron chi connectivity index (χ2n) is 6.98. The highest BCUT2D eigenvalue weighted by atomic mass is 16.3. The van der Waals surface area contributed by atoms with E-state index in [1.165, 1.54) is 49.9 Å². The highest BCUT2D eigenvalue weighted by molar-refractivity contribution is 5.32. The Bertz CT molecular complexity index is 448. The maximum absolute atomic E-state index is 10.6. The van der Waals surface area contributed by atoms with E-state index in [0.717, 1.165) is 23.9 Å². The lowest BCUT2D eigenvalue weighted by Gasteiger charge is -2.26. The number of aryl methyl sites for hydroxylation is 2. The number of aliphatic hydroxyl groups excluding tert-OH is 1. The van der Waals surface area contributed by atoms with Crippen LogP contribution in [0, 0.1) is 25.7 Å². The molecule has 0 bridgehead atoms. The third-order valence-electron chi connectivity index (χ3n) is 4.65. The summed E-state index contributed by atoms with van der Waals surface area (Å²) in [5.74, 6) is 1.80. The molecule has 2 nitrogen and oxygen atoms in total. The van der Waals surface area contributed by atoms with Crippen LogP contribution in [0.4, 0.5) is 0 Å². The Morgan fingerprint density at radius 2 is 1.70 bits per heavy atom. The molecule has 0 aliphatic heterocycles. The molecule has 2 saturated carbocycles. The molecule has 20 heavy (non-hydrogen) atoms. The molecule has 1 atom stereocenters. The van der Waals surface area contributed by atoms with Gasteiger partial charge in [0.25, 0.3) is 0 Å². The summed E-state index contributed by atoms with van der Waals surface area (Å²) in [6.07, 6.45) is 5.22. The Morgan fingerprint density at radius 3 is 2.25 bits per heavy atom. The predicted octanol–water partition coefficient (Wildman–Crippen LogP) is 3.46. The van der Waals surface area contributed by atoms with Gasteiger partial charge in [0, 0.05) is 19.6 Å². The van der Waals surface area contributed by atoms with E-state index in [1.807, 2.05) is 0 Å². The van der Waals surface area contributed by atoms with Gasteiger partial charge in [0.05, 0.1) is 6.10 Å². The second kappa shape index (κ2) is 5.87. The van der Waals surface area contributed by atoms with Crippen LogP contribution in [0.2, 0.25) is 0 Å². The average molecular weight is 273 g/mol. The molecule has 0 radical (unpaired) electrons. The molecule has 1 unspecified atom stereocenters. The summed E-state index contributed by atoms with van der Waals surface area (Å²) in [6, 6.07) is 6.39. The van der Waals surface area contributed by atoms with Crippen molar-refractivity contribution in [2.75, 3.05) is 19.6 Å². The van der Waals surface area contributed by atoms with Crippen molar-refractivity contribution >= 4 is 0 Å². The van der Waals surface area contributed by atoms with E-state index in [9.17, 15) is 5.11 Å². The Kier molecular flexibility index (Phi) is 4.13. The average Bonchev–Trinajstić information content (AvgIpc) is 3.28. The third-order valence-corrected chi connectivity index (χ3v) is 4.65. The summed E-state index contributed by atoms with van der Waals surface area (Å²) in [5.41, 5.74) is 3.56. The van der Waals surface area contributed by atoms with Crippen molar-refractivity contribution in [2.24, 2.45) is 11.8 Å². The summed E-state index contributed by atoms with van der Waals surface area (Å²) in [7, 11) is 0. The molecule has 0 spiro atoms. The number of nitrogens with zero attached hydrogens (tertiary/aromatic N) is 1. The minimum Gasteiger partial charge on any atom is -0.387 e. The molecule has 1 aromatic rings. The van der Waals surface area contributed by atoms with Crippen molar-refractivity contribution in [1.82, 2.24) is 4.90 Å². The van der Waals surface area contributed by atoms with Crippen LogP contribution >= 0.6 is 0 Å². The van der Waals surface area contributed by atoms with Gasteiger partial charge >= 0.3 is 0 Å². The molecule has 110 valence electrons. The fourth-order valence-corrected chi connectivity index (χ4v) is 3.02. The number of hydrogen-bond donors (Lipinski definition) is 1. The Balaban J connectivity index is 1.64. The van der Waals surface area contributed by atoms with Crippen molar-refractivity contribution in [3.05, 3.63) is 34.9 Å². The first-order valence-corrected chi connectivity index (χ1v) is 8.09. The molecule has 0 saturated heterocycles. The molecule has 0 amide bonds. The molecular formula is C18H27NO. The summed E-state index contributed by atoms with van der Waals surface area (Å²) in [6.45, 7) is 7.39. The fraction of sp³-hybridized carbons (Fsp3) is 0.667. The number of benzene rings is 1. The van der Waals surface area contributed by atoms with Gasteiger partial charge in [-0.05, 0) is 62.5 Å². The molecule has 0 heterocycles. The lowest BCUT2D eigenvalue weighted by molar-refractivity contribution is 0.107. The first-order valence-electron chi connectivity index (χ1n) is 8.09. The summed E-state index contributed by atoms with van der Waals surface area (Å²) < 4.78 is 0. The zero-order valence-corrected chi connectivity index (χ0v) is 12.8. The molecule has 2 fully saturated rings. The van der Waals surface area contributed by atoms with Crippen LogP contribution in [0.15, 0.2) is 18.2 Å². The van der Waals surface area contributed by atoms with Crippen LogP contribution in [0.25, 0.3) is 0 Å². The Hall–Kier alpha value is -0.860. The topological polar surface area (TPSA) is 23.5 Å². The van der Waals surface area contributed by atoms with Crippen LogP contribution in [-0.2, 0) is 0 Å². The molecular weight excluding hydrogens is 246 g/mol.